The van der Waals surface area contributed by atoms with Crippen LogP contribution in [0.2, 0.25) is 0 Å². The van der Waals surface area contributed by atoms with E-state index in [4.69, 9.17) is 10.2 Å². The zero-order chi connectivity index (χ0) is 31.7. The SMILES string of the molecule is O=C(O)c1c(O)c([N+](=O)[O-])c([N+](=O)[O-])c([N+](=O)[O][Pb][O][N+](=O)c2c(O)c(C(=O)O)c(O)c([N+](=O)[O-])c2[N+](=O)[O-])c1O. The maximum atomic E-state index is 12.4. The van der Waals surface area contributed by atoms with Gasteiger partial charge in [0, 0.05) is 0 Å². The van der Waals surface area contributed by atoms with Crippen molar-refractivity contribution in [2.24, 2.45) is 0 Å². The number of hydrogen-bond acceptors (Lipinski definition) is 18. The summed E-state index contributed by atoms with van der Waals surface area (Å²) < 4.78 is 8.63. The summed E-state index contributed by atoms with van der Waals surface area (Å²) in [5, 5.41) is 103. The summed E-state index contributed by atoms with van der Waals surface area (Å²) in [6.45, 7) is 0. The first-order valence-corrected chi connectivity index (χ1v) is 12.4. The monoisotopic (exact) mass is 786 g/mol. The molecule has 2 aromatic carbocycles. The van der Waals surface area contributed by atoms with Gasteiger partial charge >= 0.3 is 231 Å². The summed E-state index contributed by atoms with van der Waals surface area (Å²) in [5.74, 6) is -12.4. The van der Waals surface area contributed by atoms with Gasteiger partial charge in [-0.15, -0.1) is 0 Å². The van der Waals surface area contributed by atoms with Crippen LogP contribution in [0.25, 0.3) is 0 Å². The number of carboxylic acids is 2. The molecule has 2 aromatic rings. The minimum absolute atomic E-state index is 1.15. The number of nitro benzene ring substituents is 4. The van der Waals surface area contributed by atoms with Crippen LogP contribution in [0.15, 0.2) is 0 Å². The van der Waals surface area contributed by atoms with E-state index < -0.39 is 135 Å². The summed E-state index contributed by atoms with van der Waals surface area (Å²) in [4.78, 5) is 83.4. The number of rotatable bonds is 12. The molecule has 0 aliphatic rings. The summed E-state index contributed by atoms with van der Waals surface area (Å²) >= 11 is -4.03. The second-order valence-corrected chi connectivity index (χ2v) is 8.72. The van der Waals surface area contributed by atoms with E-state index in [1.807, 2.05) is 0 Å². The Morgan fingerprint density at radius 1 is 0.512 bits per heavy atom. The third-order valence-corrected chi connectivity index (χ3v) is 6.37. The van der Waals surface area contributed by atoms with Crippen LogP contribution in [0.4, 0.5) is 34.1 Å². The van der Waals surface area contributed by atoms with E-state index in [-0.39, 0.29) is 0 Å². The predicted molar refractivity (Wildman–Crippen MR) is 115 cm³/mol. The first-order chi connectivity index (χ1) is 18.9. The molecule has 0 atom stereocenters. The number of nitro groups is 4. The summed E-state index contributed by atoms with van der Waals surface area (Å²) in [6, 6.07) is 0. The van der Waals surface area contributed by atoms with Gasteiger partial charge in [0.05, 0.1) is 0 Å². The van der Waals surface area contributed by atoms with Gasteiger partial charge in [0.1, 0.15) is 0 Å². The van der Waals surface area contributed by atoms with E-state index in [2.05, 4.69) is 5.58 Å². The summed E-state index contributed by atoms with van der Waals surface area (Å²) in [6.07, 6.45) is 0. The molecule has 0 spiro atoms. The molecular weight excluding hydrogens is 779 g/mol. The molecule has 6 N–H and O–H groups in total. The van der Waals surface area contributed by atoms with Crippen LogP contribution in [-0.2, 0) is 5.58 Å². The Hall–Kier alpha value is -6.10. The van der Waals surface area contributed by atoms with Crippen LogP contribution in [0.1, 0.15) is 20.7 Å². The molecule has 0 aromatic heterocycles. The van der Waals surface area contributed by atoms with Gasteiger partial charge in [0.15, 0.2) is 0 Å². The quantitative estimate of drug-likeness (QED) is 0.0966. The molecule has 41 heavy (non-hydrogen) atoms. The molecule has 0 aliphatic carbocycles. The van der Waals surface area contributed by atoms with Crippen molar-refractivity contribution in [1.82, 2.24) is 0 Å². The van der Waals surface area contributed by atoms with E-state index in [0.717, 1.165) is 0 Å². The standard InChI is InChI=1S/2C7H3N3O10.Pb/c2*11-5-1(7(13)14)6(12)4(10(19)20)2(8(15)16)3(5)9(17)18;/h2*11-12H,(H,13,14);/q;;+2. The maximum absolute atomic E-state index is 12.4. The molecule has 0 aliphatic heterocycles. The number of aromatic hydroxyl groups is 4. The van der Waals surface area contributed by atoms with Gasteiger partial charge in [-0.2, -0.15) is 0 Å². The molecule has 0 saturated heterocycles. The molecule has 26 nitrogen and oxygen atoms in total. The van der Waals surface area contributed by atoms with Gasteiger partial charge in [-0.1, -0.05) is 0 Å². The number of nitrogens with zero attached hydrogens (tertiary/aromatic N) is 6. The number of benzene rings is 2. The molecule has 0 fully saturated rings. The second-order valence-electron chi connectivity index (χ2n) is 6.65. The van der Waals surface area contributed by atoms with Gasteiger partial charge in [-0.05, 0) is 0 Å². The van der Waals surface area contributed by atoms with Crippen molar-refractivity contribution in [3.63, 3.8) is 0 Å². The van der Waals surface area contributed by atoms with Crippen molar-refractivity contribution in [1.29, 1.82) is 0 Å². The van der Waals surface area contributed by atoms with Crippen molar-refractivity contribution < 1.29 is 75.3 Å². The molecule has 0 heterocycles. The van der Waals surface area contributed by atoms with Gasteiger partial charge in [0.2, 0.25) is 0 Å². The second kappa shape index (κ2) is 11.3. The minimum atomic E-state index is -4.03. The van der Waals surface area contributed by atoms with Crippen molar-refractivity contribution in [3.05, 3.63) is 61.4 Å². The molecular formula is C14H6N6O20Pb+2. The van der Waals surface area contributed by atoms with Crippen LogP contribution < -0.4 is 0 Å². The average Bonchev–Trinajstić information content (AvgIpc) is 2.81. The molecule has 27 heteroatoms. The fourth-order valence-corrected chi connectivity index (χ4v) is 4.35. The summed E-state index contributed by atoms with van der Waals surface area (Å²) in [7, 11) is 0. The molecule has 0 unspecified atom stereocenters. The Morgan fingerprint density at radius 3 is 0.976 bits per heavy atom. The predicted octanol–water partition coefficient (Wildman–Crippen LogP) is 0.457. The van der Waals surface area contributed by atoms with Gasteiger partial charge < -0.3 is 0 Å². The van der Waals surface area contributed by atoms with Crippen LogP contribution in [0.5, 0.6) is 23.0 Å². The van der Waals surface area contributed by atoms with Gasteiger partial charge in [0.25, 0.3) is 0 Å². The normalized spacial score (nSPS) is 10.3. The Kier molecular flexibility index (Phi) is 8.60. The van der Waals surface area contributed by atoms with E-state index in [9.17, 15) is 80.3 Å². The Morgan fingerprint density at radius 2 is 0.756 bits per heavy atom. The third-order valence-electron chi connectivity index (χ3n) is 4.51. The van der Waals surface area contributed by atoms with Crippen LogP contribution in [-0.4, -0.2) is 97.3 Å². The van der Waals surface area contributed by atoms with Crippen molar-refractivity contribution in [2.45, 2.75) is 0 Å². The van der Waals surface area contributed by atoms with E-state index in [1.165, 1.54) is 0 Å². The van der Waals surface area contributed by atoms with E-state index in [0.29, 0.717) is 0 Å². The molecule has 2 rings (SSSR count). The van der Waals surface area contributed by atoms with Crippen LogP contribution >= 0.6 is 0 Å². The Bertz CT molecular complexity index is 1500. The fraction of sp³-hybridized carbons (Fsp3) is 0. The molecule has 0 bridgehead atoms. The van der Waals surface area contributed by atoms with Crippen molar-refractivity contribution in [2.75, 3.05) is 0 Å². The van der Waals surface area contributed by atoms with Gasteiger partial charge in [-0.3, -0.25) is 0 Å². The zero-order valence-corrected chi connectivity index (χ0v) is 22.5. The number of hydrogen-bond donors (Lipinski definition) is 6. The zero-order valence-electron chi connectivity index (χ0n) is 18.6. The fourth-order valence-electron chi connectivity index (χ4n) is 2.99. The Balaban J connectivity index is 2.61. The first kappa shape index (κ1) is 31.1. The van der Waals surface area contributed by atoms with E-state index >= 15 is 0 Å². The summed E-state index contributed by atoms with van der Waals surface area (Å²) in [5.41, 5.74) is -15.4. The molecule has 0 amide bonds. The molecule has 2 radical (unpaired) electrons. The molecule has 0 saturated carbocycles. The Labute approximate surface area is 231 Å². The van der Waals surface area contributed by atoms with E-state index in [1.54, 1.807) is 0 Å². The van der Waals surface area contributed by atoms with Crippen molar-refractivity contribution in [3.8, 4) is 23.0 Å². The number of carboxylic acid groups (broad SMARTS) is 2. The average molecular weight is 785 g/mol. The van der Waals surface area contributed by atoms with Gasteiger partial charge in [-0.25, -0.2) is 0 Å². The van der Waals surface area contributed by atoms with Crippen molar-refractivity contribution >= 4 is 71.2 Å². The number of carbonyl (C=O) groups is 2. The topological polar surface area (TPSA) is 387 Å². The number of phenols is 4. The molecule has 214 valence electrons. The van der Waals surface area contributed by atoms with Crippen LogP contribution in [0.3, 0.4) is 0 Å². The third kappa shape index (κ3) is 5.40. The first-order valence-electron chi connectivity index (χ1n) is 9.19. The van der Waals surface area contributed by atoms with Crippen LogP contribution in [0, 0.1) is 50.3 Å². The number of aromatic carboxylic acids is 2.